The second-order valence-electron chi connectivity index (χ2n) is 6.14. The van der Waals surface area contributed by atoms with Crippen molar-refractivity contribution in [3.8, 4) is 0 Å². The summed E-state index contributed by atoms with van der Waals surface area (Å²) in [6, 6.07) is 2.93. The number of Topliss-reactive ketones (excluding diaryl/α,β-unsaturated/α-hetero) is 1. The van der Waals surface area contributed by atoms with Gasteiger partial charge in [-0.2, -0.15) is 4.72 Å². The van der Waals surface area contributed by atoms with Crippen molar-refractivity contribution in [3.63, 3.8) is 0 Å². The highest BCUT2D eigenvalue weighted by Crippen LogP contribution is 2.24. The molecule has 0 saturated heterocycles. The molecule has 0 bridgehead atoms. The van der Waals surface area contributed by atoms with Crippen molar-refractivity contribution < 1.29 is 27.7 Å². The highest BCUT2D eigenvalue weighted by Gasteiger charge is 2.24. The molecule has 0 saturated carbocycles. The summed E-state index contributed by atoms with van der Waals surface area (Å²) in [7, 11) is -4.19. The van der Waals surface area contributed by atoms with E-state index < -0.39 is 50.1 Å². The second kappa shape index (κ2) is 7.57. The van der Waals surface area contributed by atoms with Gasteiger partial charge >= 0.3 is 5.97 Å². The first-order chi connectivity index (χ1) is 11.3. The molecule has 0 fully saturated rings. The second-order valence-corrected chi connectivity index (χ2v) is 7.90. The number of ketones is 1. The molecule has 3 N–H and O–H groups in total. The molecule has 1 rings (SSSR count). The van der Waals surface area contributed by atoms with Gasteiger partial charge in [-0.1, -0.05) is 20.8 Å². The fourth-order valence-electron chi connectivity index (χ4n) is 1.50. The van der Waals surface area contributed by atoms with Gasteiger partial charge in [0.25, 0.3) is 5.69 Å². The number of benzene rings is 1. The van der Waals surface area contributed by atoms with Crippen LogP contribution in [0.2, 0.25) is 0 Å². The monoisotopic (exact) mass is 373 g/mol. The molecule has 1 aromatic rings. The number of hydrogen-bond acceptors (Lipinski definition) is 8. The van der Waals surface area contributed by atoms with Gasteiger partial charge < -0.3 is 10.5 Å². The summed E-state index contributed by atoms with van der Waals surface area (Å²) in [6.07, 6.45) is 0. The van der Waals surface area contributed by atoms with Crippen LogP contribution in [0.3, 0.4) is 0 Å². The number of nitrogens with one attached hydrogen (secondary N) is 1. The highest BCUT2D eigenvalue weighted by molar-refractivity contribution is 7.89. The minimum Gasteiger partial charge on any atom is -0.457 e. The summed E-state index contributed by atoms with van der Waals surface area (Å²) in [6.45, 7) is 3.76. The molecule has 25 heavy (non-hydrogen) atoms. The van der Waals surface area contributed by atoms with Gasteiger partial charge in [-0.3, -0.25) is 19.7 Å². The van der Waals surface area contributed by atoms with Gasteiger partial charge in [0, 0.05) is 11.5 Å². The zero-order valence-electron chi connectivity index (χ0n) is 13.9. The molecular weight excluding hydrogens is 354 g/mol. The van der Waals surface area contributed by atoms with Gasteiger partial charge in [0.05, 0.1) is 9.82 Å². The molecule has 0 unspecified atom stereocenters. The van der Waals surface area contributed by atoms with E-state index in [2.05, 4.69) is 0 Å². The number of esters is 1. The maximum atomic E-state index is 12.1. The largest absolute Gasteiger partial charge is 0.457 e. The number of nitro groups is 1. The van der Waals surface area contributed by atoms with Crippen molar-refractivity contribution in [2.75, 3.05) is 18.9 Å². The molecule has 138 valence electrons. The van der Waals surface area contributed by atoms with Gasteiger partial charge in [-0.15, -0.1) is 0 Å². The number of carbonyl (C=O) groups is 2. The number of ether oxygens (including phenoxy) is 1. The number of sulfonamides is 1. The van der Waals surface area contributed by atoms with E-state index in [4.69, 9.17) is 10.5 Å². The van der Waals surface area contributed by atoms with E-state index in [9.17, 15) is 28.1 Å². The zero-order chi connectivity index (χ0) is 19.4. The molecule has 0 aliphatic carbocycles. The number of nitro benzene ring substituents is 1. The van der Waals surface area contributed by atoms with Crippen molar-refractivity contribution in [2.45, 2.75) is 25.7 Å². The van der Waals surface area contributed by atoms with Crippen LogP contribution in [0.5, 0.6) is 0 Å². The van der Waals surface area contributed by atoms with E-state index in [0.29, 0.717) is 0 Å². The molecule has 11 heteroatoms. The average molecular weight is 373 g/mol. The van der Waals surface area contributed by atoms with Crippen molar-refractivity contribution in [3.05, 3.63) is 28.3 Å². The van der Waals surface area contributed by atoms with Crippen LogP contribution in [-0.2, 0) is 24.3 Å². The third-order valence-corrected chi connectivity index (χ3v) is 4.52. The lowest BCUT2D eigenvalue weighted by molar-refractivity contribution is -0.384. The van der Waals surface area contributed by atoms with Crippen LogP contribution in [0.1, 0.15) is 20.8 Å². The number of nitrogen functional groups attached to an aromatic ring is 1. The van der Waals surface area contributed by atoms with Gasteiger partial charge in [-0.05, 0) is 12.1 Å². The predicted molar refractivity (Wildman–Crippen MR) is 88.1 cm³/mol. The Morgan fingerprint density at radius 1 is 1.32 bits per heavy atom. The smallest absolute Gasteiger partial charge is 0.321 e. The summed E-state index contributed by atoms with van der Waals surface area (Å²) in [4.78, 5) is 32.7. The Morgan fingerprint density at radius 2 is 1.92 bits per heavy atom. The van der Waals surface area contributed by atoms with Crippen LogP contribution >= 0.6 is 0 Å². The molecule has 0 amide bonds. The van der Waals surface area contributed by atoms with Crippen LogP contribution in [0.15, 0.2) is 23.1 Å². The maximum Gasteiger partial charge on any atom is 0.321 e. The standard InChI is InChI=1S/C14H19N3O7S/c1-14(2,3)12(18)8-24-13(19)7-16-25(22,23)9-4-5-10(15)11(6-9)17(20)21/h4-6,16H,7-8,15H2,1-3H3. The van der Waals surface area contributed by atoms with E-state index in [1.807, 2.05) is 4.72 Å². The lowest BCUT2D eigenvalue weighted by Gasteiger charge is -2.16. The minimum atomic E-state index is -4.19. The van der Waals surface area contributed by atoms with Crippen LogP contribution in [0.25, 0.3) is 0 Å². The summed E-state index contributed by atoms with van der Waals surface area (Å²) >= 11 is 0. The first-order valence-corrected chi connectivity index (χ1v) is 8.55. The number of nitrogens with two attached hydrogens (primary N) is 1. The molecule has 0 aliphatic rings. The quantitative estimate of drug-likeness (QED) is 0.304. The molecule has 0 radical (unpaired) electrons. The number of rotatable bonds is 7. The topological polar surface area (TPSA) is 159 Å². The summed E-state index contributed by atoms with van der Waals surface area (Å²) < 4.78 is 30.8. The third-order valence-electron chi connectivity index (χ3n) is 3.12. The Hall–Kier alpha value is -2.53. The molecule has 0 spiro atoms. The molecule has 10 nitrogen and oxygen atoms in total. The lowest BCUT2D eigenvalue weighted by atomic mass is 9.91. The molecule has 0 heterocycles. The Balaban J connectivity index is 2.73. The van der Waals surface area contributed by atoms with Gasteiger partial charge in [0.2, 0.25) is 10.0 Å². The van der Waals surface area contributed by atoms with E-state index in [-0.39, 0.29) is 11.5 Å². The molecule has 1 aromatic carbocycles. The lowest BCUT2D eigenvalue weighted by Crippen LogP contribution is -2.33. The fourth-order valence-corrected chi connectivity index (χ4v) is 2.49. The van der Waals surface area contributed by atoms with Gasteiger partial charge in [0.15, 0.2) is 12.4 Å². The Bertz CT molecular complexity index is 797. The number of anilines is 1. The normalized spacial score (nSPS) is 11.8. The first kappa shape index (κ1) is 20.5. The summed E-state index contributed by atoms with van der Waals surface area (Å²) in [5.74, 6) is -1.27. The van der Waals surface area contributed by atoms with E-state index in [0.717, 1.165) is 18.2 Å². The van der Waals surface area contributed by atoms with E-state index in [1.165, 1.54) is 0 Å². The Kier molecular flexibility index (Phi) is 6.21. The summed E-state index contributed by atoms with van der Waals surface area (Å²) in [5.41, 5.74) is 3.95. The van der Waals surface area contributed by atoms with Crippen LogP contribution < -0.4 is 10.5 Å². The van der Waals surface area contributed by atoms with Gasteiger partial charge in [-0.25, -0.2) is 8.42 Å². The number of nitrogens with zero attached hydrogens (tertiary/aromatic N) is 1. The predicted octanol–water partition coefficient (Wildman–Crippen LogP) is 0.614. The van der Waals surface area contributed by atoms with Crippen molar-refractivity contribution in [2.24, 2.45) is 5.41 Å². The Morgan fingerprint density at radius 3 is 2.44 bits per heavy atom. The minimum absolute atomic E-state index is 0.191. The van der Waals surface area contributed by atoms with Crippen molar-refractivity contribution in [1.82, 2.24) is 4.72 Å². The van der Waals surface area contributed by atoms with Crippen molar-refractivity contribution >= 4 is 33.2 Å². The first-order valence-electron chi connectivity index (χ1n) is 7.07. The van der Waals surface area contributed by atoms with Gasteiger partial charge in [0.1, 0.15) is 12.2 Å². The highest BCUT2D eigenvalue weighted by atomic mass is 32.2. The molecule has 0 aromatic heterocycles. The maximum absolute atomic E-state index is 12.1. The Labute approximate surface area is 144 Å². The summed E-state index contributed by atoms with van der Waals surface area (Å²) in [5, 5.41) is 10.8. The van der Waals surface area contributed by atoms with E-state index in [1.54, 1.807) is 20.8 Å². The van der Waals surface area contributed by atoms with E-state index >= 15 is 0 Å². The average Bonchev–Trinajstić information content (AvgIpc) is 2.49. The number of hydrogen-bond donors (Lipinski definition) is 2. The van der Waals surface area contributed by atoms with Crippen LogP contribution in [0, 0.1) is 15.5 Å². The van der Waals surface area contributed by atoms with Crippen LogP contribution in [0.4, 0.5) is 11.4 Å². The molecule has 0 atom stereocenters. The van der Waals surface area contributed by atoms with Crippen LogP contribution in [-0.4, -0.2) is 38.2 Å². The fraction of sp³-hybridized carbons (Fsp3) is 0.429. The number of carbonyl (C=O) groups excluding carboxylic acids is 2. The SMILES string of the molecule is CC(C)(C)C(=O)COC(=O)CNS(=O)(=O)c1ccc(N)c([N+](=O)[O-])c1. The van der Waals surface area contributed by atoms with Crippen molar-refractivity contribution in [1.29, 1.82) is 0 Å². The third kappa shape index (κ3) is 5.80. The molecule has 0 aliphatic heterocycles. The zero-order valence-corrected chi connectivity index (χ0v) is 14.8. The molecular formula is C14H19N3O7S.